The third kappa shape index (κ3) is 4.14. The van der Waals surface area contributed by atoms with Crippen LogP contribution in [-0.4, -0.2) is 35.2 Å². The van der Waals surface area contributed by atoms with Crippen molar-refractivity contribution in [3.05, 3.63) is 35.2 Å². The lowest BCUT2D eigenvalue weighted by Gasteiger charge is -2.22. The largest absolute Gasteiger partial charge is 0.241 e. The maximum Gasteiger partial charge on any atom is 0.241 e. The second-order valence-electron chi connectivity index (χ2n) is 6.62. The molecule has 1 N–H and O–H groups in total. The third-order valence-corrected chi connectivity index (χ3v) is 5.36. The molecule has 0 saturated heterocycles. The highest BCUT2D eigenvalue weighted by atomic mass is 32.2. The lowest BCUT2D eigenvalue weighted by atomic mass is 9.85. The Balaban J connectivity index is 2.22. The minimum absolute atomic E-state index is 0.0238. The summed E-state index contributed by atoms with van der Waals surface area (Å²) in [6.07, 6.45) is 1.31. The van der Waals surface area contributed by atoms with Gasteiger partial charge in [-0.05, 0) is 41.2 Å². The summed E-state index contributed by atoms with van der Waals surface area (Å²) in [6, 6.07) is 3.89. The predicted molar refractivity (Wildman–Crippen MR) is 87.6 cm³/mol. The molecule has 0 spiro atoms. The van der Waals surface area contributed by atoms with Gasteiger partial charge in [0.25, 0.3) is 0 Å². The number of nitrogens with zero attached hydrogens (tertiary/aromatic N) is 4. The van der Waals surface area contributed by atoms with Crippen molar-refractivity contribution in [1.29, 1.82) is 0 Å². The summed E-state index contributed by atoms with van der Waals surface area (Å²) in [5, 5.41) is 11.1. The summed E-state index contributed by atoms with van der Waals surface area (Å²) < 4.78 is 27.8. The van der Waals surface area contributed by atoms with Gasteiger partial charge in [0.2, 0.25) is 10.0 Å². The van der Waals surface area contributed by atoms with Gasteiger partial charge in [-0.2, -0.15) is 4.80 Å². The van der Waals surface area contributed by atoms with Crippen molar-refractivity contribution in [3.8, 4) is 0 Å². The van der Waals surface area contributed by atoms with Crippen LogP contribution in [0.15, 0.2) is 23.4 Å². The van der Waals surface area contributed by atoms with E-state index in [9.17, 15) is 8.42 Å². The zero-order chi connectivity index (χ0) is 17.3. The van der Waals surface area contributed by atoms with Crippen LogP contribution in [0.3, 0.4) is 0 Å². The number of benzene rings is 1. The van der Waals surface area contributed by atoms with Crippen LogP contribution in [0.1, 0.15) is 37.5 Å². The van der Waals surface area contributed by atoms with E-state index in [4.69, 9.17) is 0 Å². The molecule has 0 aliphatic carbocycles. The zero-order valence-electron chi connectivity index (χ0n) is 14.2. The Morgan fingerprint density at radius 3 is 2.26 bits per heavy atom. The first-order valence-electron chi connectivity index (χ1n) is 7.43. The molecule has 0 radical (unpaired) electrons. The molecule has 0 bridgehead atoms. The van der Waals surface area contributed by atoms with E-state index >= 15 is 0 Å². The molecule has 1 heterocycles. The molecule has 23 heavy (non-hydrogen) atoms. The zero-order valence-corrected chi connectivity index (χ0v) is 15.0. The molecule has 2 rings (SSSR count). The summed E-state index contributed by atoms with van der Waals surface area (Å²) in [7, 11) is -3.58. The highest BCUT2D eigenvalue weighted by Crippen LogP contribution is 2.28. The van der Waals surface area contributed by atoms with Gasteiger partial charge in [-0.25, -0.2) is 13.1 Å². The number of tetrazole rings is 1. The minimum atomic E-state index is -3.58. The standard InChI is InChI=1S/C15H23N5O2S/c1-11-8-13(15(3,4)5)9-12(2)14(11)23(21,22)18-6-7-20-17-10-16-19-20/h8-10,18H,6-7H2,1-5H3. The summed E-state index contributed by atoms with van der Waals surface area (Å²) in [5.41, 5.74) is 2.60. The van der Waals surface area contributed by atoms with E-state index in [0.29, 0.717) is 11.4 Å². The van der Waals surface area contributed by atoms with Gasteiger partial charge in [-0.1, -0.05) is 32.9 Å². The summed E-state index contributed by atoms with van der Waals surface area (Å²) in [4.78, 5) is 1.68. The Bertz CT molecular complexity index is 754. The van der Waals surface area contributed by atoms with Crippen LogP contribution in [0.4, 0.5) is 0 Å². The smallest absolute Gasteiger partial charge is 0.209 e. The molecule has 0 fully saturated rings. The Morgan fingerprint density at radius 1 is 1.17 bits per heavy atom. The van der Waals surface area contributed by atoms with Gasteiger partial charge in [0.05, 0.1) is 11.4 Å². The van der Waals surface area contributed by atoms with E-state index in [2.05, 4.69) is 40.9 Å². The summed E-state index contributed by atoms with van der Waals surface area (Å²) in [6.45, 7) is 10.5. The fraction of sp³-hybridized carbons (Fsp3) is 0.533. The molecule has 0 unspecified atom stereocenters. The Morgan fingerprint density at radius 2 is 1.78 bits per heavy atom. The molecule has 0 atom stereocenters. The van der Waals surface area contributed by atoms with E-state index in [1.807, 2.05) is 26.0 Å². The molecule has 0 aliphatic heterocycles. The van der Waals surface area contributed by atoms with Crippen LogP contribution >= 0.6 is 0 Å². The molecule has 0 amide bonds. The number of hydrogen-bond acceptors (Lipinski definition) is 5. The van der Waals surface area contributed by atoms with Crippen LogP contribution in [0, 0.1) is 13.8 Å². The molecule has 126 valence electrons. The van der Waals surface area contributed by atoms with Gasteiger partial charge in [-0.3, -0.25) is 0 Å². The number of nitrogens with one attached hydrogen (secondary N) is 1. The van der Waals surface area contributed by atoms with E-state index in [-0.39, 0.29) is 12.0 Å². The first-order chi connectivity index (χ1) is 10.6. The van der Waals surface area contributed by atoms with E-state index in [0.717, 1.165) is 16.7 Å². The highest BCUT2D eigenvalue weighted by Gasteiger charge is 2.22. The molecule has 0 saturated carbocycles. The lowest BCUT2D eigenvalue weighted by molar-refractivity contribution is 0.510. The van der Waals surface area contributed by atoms with E-state index in [1.54, 1.807) is 0 Å². The predicted octanol–water partition coefficient (Wildman–Crippen LogP) is 1.57. The number of aryl methyl sites for hydroxylation is 2. The van der Waals surface area contributed by atoms with E-state index in [1.165, 1.54) is 11.1 Å². The van der Waals surface area contributed by atoms with Crippen LogP contribution < -0.4 is 4.72 Å². The second-order valence-corrected chi connectivity index (χ2v) is 8.32. The van der Waals surface area contributed by atoms with Crippen molar-refractivity contribution in [2.24, 2.45) is 0 Å². The van der Waals surface area contributed by atoms with Crippen molar-refractivity contribution >= 4 is 10.0 Å². The van der Waals surface area contributed by atoms with Crippen molar-refractivity contribution in [1.82, 2.24) is 24.9 Å². The molecule has 1 aromatic heterocycles. The number of aromatic nitrogens is 4. The van der Waals surface area contributed by atoms with Crippen molar-refractivity contribution in [2.45, 2.75) is 51.5 Å². The first kappa shape index (κ1) is 17.6. The average Bonchev–Trinajstić information content (AvgIpc) is 2.89. The fourth-order valence-electron chi connectivity index (χ4n) is 2.45. The Labute approximate surface area is 137 Å². The normalized spacial score (nSPS) is 12.6. The molecule has 1 aromatic carbocycles. The monoisotopic (exact) mass is 337 g/mol. The van der Waals surface area contributed by atoms with Crippen molar-refractivity contribution < 1.29 is 8.42 Å². The van der Waals surface area contributed by atoms with Crippen LogP contribution in [0.25, 0.3) is 0 Å². The molecular weight excluding hydrogens is 314 g/mol. The van der Waals surface area contributed by atoms with Gasteiger partial charge in [0.15, 0.2) is 6.33 Å². The molecule has 7 nitrogen and oxygen atoms in total. The van der Waals surface area contributed by atoms with Gasteiger partial charge in [0.1, 0.15) is 0 Å². The highest BCUT2D eigenvalue weighted by molar-refractivity contribution is 7.89. The van der Waals surface area contributed by atoms with Crippen LogP contribution in [0.5, 0.6) is 0 Å². The first-order valence-corrected chi connectivity index (χ1v) is 8.92. The maximum absolute atomic E-state index is 12.6. The average molecular weight is 337 g/mol. The number of rotatable bonds is 5. The summed E-state index contributed by atoms with van der Waals surface area (Å²) >= 11 is 0. The maximum atomic E-state index is 12.6. The van der Waals surface area contributed by atoms with Crippen molar-refractivity contribution in [3.63, 3.8) is 0 Å². The van der Waals surface area contributed by atoms with Gasteiger partial charge in [-0.15, -0.1) is 10.2 Å². The SMILES string of the molecule is Cc1cc(C(C)(C)C)cc(C)c1S(=O)(=O)NCCn1ncnn1. The molecular formula is C15H23N5O2S. The molecule has 8 heteroatoms. The third-order valence-electron chi connectivity index (χ3n) is 3.59. The summed E-state index contributed by atoms with van der Waals surface area (Å²) in [5.74, 6) is 0. The quantitative estimate of drug-likeness (QED) is 0.894. The van der Waals surface area contributed by atoms with Crippen LogP contribution in [0.2, 0.25) is 0 Å². The lowest BCUT2D eigenvalue weighted by Crippen LogP contribution is -2.29. The van der Waals surface area contributed by atoms with Crippen molar-refractivity contribution in [2.75, 3.05) is 6.54 Å². The van der Waals surface area contributed by atoms with Crippen LogP contribution in [-0.2, 0) is 22.0 Å². The number of sulfonamides is 1. The second kappa shape index (κ2) is 6.37. The minimum Gasteiger partial charge on any atom is -0.209 e. The fourth-order valence-corrected chi connectivity index (χ4v) is 3.92. The van der Waals surface area contributed by atoms with E-state index < -0.39 is 10.0 Å². The topological polar surface area (TPSA) is 89.8 Å². The molecule has 2 aromatic rings. The Kier molecular flexibility index (Phi) is 4.86. The van der Waals surface area contributed by atoms with Gasteiger partial charge in [0, 0.05) is 6.54 Å². The van der Waals surface area contributed by atoms with Gasteiger partial charge >= 0.3 is 0 Å². The number of hydrogen-bond donors (Lipinski definition) is 1. The van der Waals surface area contributed by atoms with Gasteiger partial charge < -0.3 is 0 Å². The molecule has 0 aliphatic rings. The Hall–Kier alpha value is -1.80.